The number of hydrogen-bond acceptors (Lipinski definition) is 5. The number of aryl methyl sites for hydroxylation is 1. The van der Waals surface area contributed by atoms with Crippen molar-refractivity contribution in [3.63, 3.8) is 0 Å². The highest BCUT2D eigenvalue weighted by atomic mass is 16.5. The van der Waals surface area contributed by atoms with Crippen molar-refractivity contribution in [2.75, 3.05) is 26.9 Å². The number of methoxy groups -OCH3 is 1. The van der Waals surface area contributed by atoms with Gasteiger partial charge in [-0.1, -0.05) is 24.3 Å². The van der Waals surface area contributed by atoms with Gasteiger partial charge in [-0.2, -0.15) is 0 Å². The third-order valence-electron chi connectivity index (χ3n) is 3.41. The molecule has 0 aliphatic rings. The Bertz CT molecular complexity index is 715. The predicted molar refractivity (Wildman–Crippen MR) is 93.0 cm³/mol. The van der Waals surface area contributed by atoms with Crippen LogP contribution in [0, 0.1) is 6.92 Å². The van der Waals surface area contributed by atoms with E-state index in [4.69, 9.17) is 14.2 Å². The van der Waals surface area contributed by atoms with Gasteiger partial charge in [0.1, 0.15) is 18.1 Å². The Hall–Kier alpha value is -3.02. The molecule has 6 heteroatoms. The van der Waals surface area contributed by atoms with Crippen molar-refractivity contribution in [3.8, 4) is 11.5 Å². The Morgan fingerprint density at radius 2 is 1.84 bits per heavy atom. The molecule has 2 rings (SSSR count). The summed E-state index contributed by atoms with van der Waals surface area (Å²) in [5.41, 5.74) is 1.25. The Labute approximate surface area is 146 Å². The highest BCUT2D eigenvalue weighted by Gasteiger charge is 2.12. The first-order valence-electron chi connectivity index (χ1n) is 7.86. The lowest BCUT2D eigenvalue weighted by molar-refractivity contribution is -0.124. The van der Waals surface area contributed by atoms with Crippen LogP contribution in [-0.2, 0) is 9.53 Å². The van der Waals surface area contributed by atoms with E-state index in [0.29, 0.717) is 24.5 Å². The lowest BCUT2D eigenvalue weighted by Crippen LogP contribution is -2.32. The SMILES string of the molecule is COc1cc(C(=O)OCC(=O)NCCOc2ccccc2)ccc1C. The molecule has 6 nitrogen and oxygen atoms in total. The van der Waals surface area contributed by atoms with Crippen molar-refractivity contribution in [1.82, 2.24) is 5.32 Å². The van der Waals surface area contributed by atoms with Crippen LogP contribution in [0.15, 0.2) is 48.5 Å². The minimum Gasteiger partial charge on any atom is -0.496 e. The molecule has 0 saturated heterocycles. The molecule has 0 bridgehead atoms. The van der Waals surface area contributed by atoms with Gasteiger partial charge < -0.3 is 19.5 Å². The van der Waals surface area contributed by atoms with Gasteiger partial charge in [0.25, 0.3) is 5.91 Å². The zero-order chi connectivity index (χ0) is 18.1. The van der Waals surface area contributed by atoms with E-state index in [2.05, 4.69) is 5.32 Å². The predicted octanol–water partition coefficient (Wildman–Crippen LogP) is 2.36. The van der Waals surface area contributed by atoms with Crippen molar-refractivity contribution in [3.05, 3.63) is 59.7 Å². The second-order valence-corrected chi connectivity index (χ2v) is 5.27. The van der Waals surface area contributed by atoms with Crippen molar-refractivity contribution in [2.24, 2.45) is 0 Å². The van der Waals surface area contributed by atoms with Gasteiger partial charge >= 0.3 is 5.97 Å². The van der Waals surface area contributed by atoms with Crippen LogP contribution in [0.4, 0.5) is 0 Å². The van der Waals surface area contributed by atoms with E-state index < -0.39 is 5.97 Å². The van der Waals surface area contributed by atoms with Crippen molar-refractivity contribution in [2.45, 2.75) is 6.92 Å². The molecule has 2 aromatic carbocycles. The highest BCUT2D eigenvalue weighted by Crippen LogP contribution is 2.19. The van der Waals surface area contributed by atoms with Crippen molar-refractivity contribution in [1.29, 1.82) is 0 Å². The third-order valence-corrected chi connectivity index (χ3v) is 3.41. The second-order valence-electron chi connectivity index (χ2n) is 5.27. The summed E-state index contributed by atoms with van der Waals surface area (Å²) in [6, 6.07) is 14.3. The van der Waals surface area contributed by atoms with Crippen molar-refractivity contribution >= 4 is 11.9 Å². The van der Waals surface area contributed by atoms with E-state index in [1.165, 1.54) is 7.11 Å². The molecule has 0 heterocycles. The summed E-state index contributed by atoms with van der Waals surface area (Å²) in [5, 5.41) is 2.63. The van der Waals surface area contributed by atoms with Gasteiger partial charge in [0.2, 0.25) is 0 Å². The van der Waals surface area contributed by atoms with Crippen LogP contribution < -0.4 is 14.8 Å². The number of esters is 1. The van der Waals surface area contributed by atoms with Gasteiger partial charge in [0.05, 0.1) is 19.2 Å². The maximum Gasteiger partial charge on any atom is 0.338 e. The summed E-state index contributed by atoms with van der Waals surface area (Å²) >= 11 is 0. The van der Waals surface area contributed by atoms with E-state index >= 15 is 0 Å². The molecule has 0 spiro atoms. The van der Waals surface area contributed by atoms with Crippen LogP contribution in [0.5, 0.6) is 11.5 Å². The zero-order valence-corrected chi connectivity index (χ0v) is 14.3. The summed E-state index contributed by atoms with van der Waals surface area (Å²) in [6.07, 6.45) is 0. The van der Waals surface area contributed by atoms with Gasteiger partial charge in [0.15, 0.2) is 6.61 Å². The fourth-order valence-electron chi connectivity index (χ4n) is 2.09. The largest absolute Gasteiger partial charge is 0.496 e. The molecule has 0 atom stereocenters. The number of benzene rings is 2. The number of para-hydroxylation sites is 1. The van der Waals surface area contributed by atoms with E-state index in [1.807, 2.05) is 37.3 Å². The van der Waals surface area contributed by atoms with Crippen LogP contribution in [0.3, 0.4) is 0 Å². The lowest BCUT2D eigenvalue weighted by Gasteiger charge is -2.09. The number of carbonyl (C=O) groups is 2. The number of rotatable bonds is 8. The highest BCUT2D eigenvalue weighted by molar-refractivity contribution is 5.91. The molecule has 0 saturated carbocycles. The van der Waals surface area contributed by atoms with Crippen LogP contribution in [-0.4, -0.2) is 38.7 Å². The first kappa shape index (κ1) is 18.3. The molecule has 0 aliphatic heterocycles. The standard InChI is InChI=1S/C19H21NO5/c1-14-8-9-15(12-17(14)23-2)19(22)25-13-18(21)20-10-11-24-16-6-4-3-5-7-16/h3-9,12H,10-11,13H2,1-2H3,(H,20,21). The number of ether oxygens (including phenoxy) is 3. The summed E-state index contributed by atoms with van der Waals surface area (Å²) in [6.45, 7) is 2.18. The summed E-state index contributed by atoms with van der Waals surface area (Å²) in [7, 11) is 1.53. The lowest BCUT2D eigenvalue weighted by atomic mass is 10.1. The summed E-state index contributed by atoms with van der Waals surface area (Å²) in [5.74, 6) is 0.367. The third kappa shape index (κ3) is 5.84. The minimum absolute atomic E-state index is 0.323. The minimum atomic E-state index is -0.575. The fourth-order valence-corrected chi connectivity index (χ4v) is 2.09. The Morgan fingerprint density at radius 3 is 2.56 bits per heavy atom. The quantitative estimate of drug-likeness (QED) is 0.588. The van der Waals surface area contributed by atoms with E-state index in [9.17, 15) is 9.59 Å². The molecule has 0 unspecified atom stereocenters. The molecule has 0 radical (unpaired) electrons. The molecule has 0 aromatic heterocycles. The average molecular weight is 343 g/mol. The molecule has 0 aliphatic carbocycles. The number of amides is 1. The van der Waals surface area contributed by atoms with E-state index in [1.54, 1.807) is 18.2 Å². The molecule has 25 heavy (non-hydrogen) atoms. The monoisotopic (exact) mass is 343 g/mol. The molecular weight excluding hydrogens is 322 g/mol. The Balaban J connectivity index is 1.69. The Morgan fingerprint density at radius 1 is 1.08 bits per heavy atom. The van der Waals surface area contributed by atoms with Crippen LogP contribution in [0.2, 0.25) is 0 Å². The van der Waals surface area contributed by atoms with Gasteiger partial charge in [0, 0.05) is 0 Å². The molecular formula is C19H21NO5. The number of nitrogens with one attached hydrogen (secondary N) is 1. The van der Waals surface area contributed by atoms with Gasteiger partial charge in [-0.3, -0.25) is 4.79 Å². The van der Waals surface area contributed by atoms with Crippen LogP contribution in [0.1, 0.15) is 15.9 Å². The van der Waals surface area contributed by atoms with Crippen LogP contribution in [0.25, 0.3) is 0 Å². The molecule has 132 valence electrons. The molecule has 1 amide bonds. The summed E-state index contributed by atoms with van der Waals surface area (Å²) in [4.78, 5) is 23.7. The van der Waals surface area contributed by atoms with Gasteiger partial charge in [-0.05, 0) is 36.8 Å². The van der Waals surface area contributed by atoms with E-state index in [0.717, 1.165) is 11.3 Å². The maximum atomic E-state index is 12.0. The van der Waals surface area contributed by atoms with Crippen LogP contribution >= 0.6 is 0 Å². The maximum absolute atomic E-state index is 12.0. The normalized spacial score (nSPS) is 10.0. The number of carbonyl (C=O) groups excluding carboxylic acids is 2. The topological polar surface area (TPSA) is 73.9 Å². The number of hydrogen-bond donors (Lipinski definition) is 1. The van der Waals surface area contributed by atoms with Gasteiger partial charge in [-0.15, -0.1) is 0 Å². The smallest absolute Gasteiger partial charge is 0.338 e. The summed E-state index contributed by atoms with van der Waals surface area (Å²) < 4.78 is 15.6. The molecule has 1 N–H and O–H groups in total. The first-order valence-corrected chi connectivity index (χ1v) is 7.86. The van der Waals surface area contributed by atoms with Gasteiger partial charge in [-0.25, -0.2) is 4.79 Å². The molecule has 0 fully saturated rings. The Kier molecular flexibility index (Phi) is 6.83. The average Bonchev–Trinajstić information content (AvgIpc) is 2.64. The fraction of sp³-hybridized carbons (Fsp3) is 0.263. The second kappa shape index (κ2) is 9.32. The molecule has 2 aromatic rings. The first-order chi connectivity index (χ1) is 12.1. The van der Waals surface area contributed by atoms with E-state index in [-0.39, 0.29) is 12.5 Å². The zero-order valence-electron chi connectivity index (χ0n) is 14.3. The van der Waals surface area contributed by atoms with Crippen molar-refractivity contribution < 1.29 is 23.8 Å².